The molecule has 1 aromatic heterocycles. The van der Waals surface area contributed by atoms with Gasteiger partial charge in [0.1, 0.15) is 5.54 Å². The second-order valence-electron chi connectivity index (χ2n) is 15.5. The van der Waals surface area contributed by atoms with Crippen molar-refractivity contribution < 1.29 is 23.5 Å². The summed E-state index contributed by atoms with van der Waals surface area (Å²) in [6.07, 6.45) is 3.62. The summed E-state index contributed by atoms with van der Waals surface area (Å²) in [6, 6.07) is 25.8. The third-order valence-electron chi connectivity index (χ3n) is 12.0. The first-order valence-electron chi connectivity index (χ1n) is 18.8. The highest BCUT2D eigenvalue weighted by Crippen LogP contribution is 2.60. The second-order valence-corrected chi connectivity index (χ2v) is 19.3. The average molecular weight is 738 g/mol. The molecule has 5 heterocycles. The molecule has 4 aromatic rings. The third kappa shape index (κ3) is 5.98. The van der Waals surface area contributed by atoms with Crippen molar-refractivity contribution >= 4 is 37.3 Å². The lowest BCUT2D eigenvalue weighted by Crippen LogP contribution is -2.55. The number of aryl methyl sites for hydroxylation is 1. The van der Waals surface area contributed by atoms with E-state index < -0.39 is 37.1 Å². The predicted octanol–water partition coefficient (Wildman–Crippen LogP) is 5.16. The topological polar surface area (TPSA) is 116 Å². The molecule has 13 heteroatoms. The Morgan fingerprint density at radius 1 is 0.981 bits per heavy atom. The van der Waals surface area contributed by atoms with Crippen LogP contribution in [0.2, 0.25) is 18.6 Å². The minimum atomic E-state index is -3.33. The van der Waals surface area contributed by atoms with Crippen LogP contribution in [-0.2, 0) is 39.4 Å². The van der Waals surface area contributed by atoms with Crippen molar-refractivity contribution in [3.8, 4) is 0 Å². The van der Waals surface area contributed by atoms with Gasteiger partial charge in [-0.05, 0) is 81.3 Å². The second kappa shape index (κ2) is 13.8. The van der Waals surface area contributed by atoms with Crippen molar-refractivity contribution in [2.75, 3.05) is 41.1 Å². The molecule has 0 unspecified atom stereocenters. The Morgan fingerprint density at radius 3 is 2.47 bits per heavy atom. The number of halogens is 1. The van der Waals surface area contributed by atoms with Crippen LogP contribution in [0.15, 0.2) is 85.1 Å². The first kappa shape index (κ1) is 35.6. The lowest BCUT2D eigenvalue weighted by Gasteiger charge is -2.39. The highest BCUT2D eigenvalue weighted by Gasteiger charge is 2.66. The van der Waals surface area contributed by atoms with Crippen molar-refractivity contribution in [1.29, 1.82) is 0 Å². The van der Waals surface area contributed by atoms with Crippen LogP contribution in [0.3, 0.4) is 0 Å². The van der Waals surface area contributed by atoms with Crippen molar-refractivity contribution in [3.05, 3.63) is 102 Å². The molecule has 278 valence electrons. The van der Waals surface area contributed by atoms with Crippen LogP contribution in [-0.4, -0.2) is 78.3 Å². The number of amides is 2. The standard InChI is InChI=1S/C40H48FN7O4Si/c1-28-36(53(2,3)41)35(16-22-45-26-30(17-23-49)43-44-45)52-40(28)33-14-7-8-15-34(33)46(38(40)51)25-29-10-9-13-32(24-29)47-27-48(31-11-5-4-6-12-31)39(37(47)50)18-20-42-21-19-39/h4-15,24,26,28,35-36,42,49H,16-23,25,27H2,1-3H3/t28-,35+,36-,40+/m1/s1. The molecule has 8 rings (SSSR count). The smallest absolute Gasteiger partial charge is 0.264 e. The Morgan fingerprint density at radius 2 is 1.72 bits per heavy atom. The molecule has 11 nitrogen and oxygen atoms in total. The van der Waals surface area contributed by atoms with Gasteiger partial charge in [-0.3, -0.25) is 19.2 Å². The first-order valence-corrected chi connectivity index (χ1v) is 21.7. The number of carbonyl (C=O) groups is 2. The van der Waals surface area contributed by atoms with Gasteiger partial charge in [-0.2, -0.15) is 0 Å². The molecule has 3 fully saturated rings. The molecule has 4 aliphatic heterocycles. The van der Waals surface area contributed by atoms with Crippen LogP contribution < -0.4 is 20.0 Å². The van der Waals surface area contributed by atoms with Gasteiger partial charge in [-0.15, -0.1) is 5.10 Å². The van der Waals surface area contributed by atoms with Gasteiger partial charge >= 0.3 is 0 Å². The van der Waals surface area contributed by atoms with Crippen LogP contribution >= 0.6 is 0 Å². The summed E-state index contributed by atoms with van der Waals surface area (Å²) < 4.78 is 25.0. The van der Waals surface area contributed by atoms with E-state index in [1.165, 1.54) is 0 Å². The van der Waals surface area contributed by atoms with Gasteiger partial charge in [0.25, 0.3) is 11.8 Å². The summed E-state index contributed by atoms with van der Waals surface area (Å²) in [4.78, 5) is 35.2. The maximum Gasteiger partial charge on any atom is 0.264 e. The van der Waals surface area contributed by atoms with Gasteiger partial charge in [0.15, 0.2) is 5.60 Å². The summed E-state index contributed by atoms with van der Waals surface area (Å²) >= 11 is 0. The molecule has 0 aliphatic carbocycles. The zero-order chi connectivity index (χ0) is 37.0. The lowest BCUT2D eigenvalue weighted by atomic mass is 9.82. The number of para-hydroxylation sites is 2. The van der Waals surface area contributed by atoms with Gasteiger partial charge in [0.05, 0.1) is 30.7 Å². The Balaban J connectivity index is 1.08. The minimum Gasteiger partial charge on any atom is -0.396 e. The number of nitrogens with one attached hydrogen (secondary N) is 1. The average Bonchev–Trinajstić information content (AvgIpc) is 3.87. The fourth-order valence-corrected chi connectivity index (χ4v) is 12.1. The largest absolute Gasteiger partial charge is 0.396 e. The molecule has 4 atom stereocenters. The van der Waals surface area contributed by atoms with E-state index >= 15 is 4.11 Å². The Kier molecular flexibility index (Phi) is 9.24. The SMILES string of the molecule is C[C@@H]1[C@@H]([Si](C)(C)F)[C@H](CCn2cc(CCO)nn2)O[C@@]12C(=O)N(Cc1cccc(N3CN(c4ccccc4)C4(CCNCC4)C3=O)c1)c1ccccc12. The number of fused-ring (bicyclic) bond motifs is 2. The molecule has 53 heavy (non-hydrogen) atoms. The number of aliphatic hydroxyl groups is 1. The van der Waals surface area contributed by atoms with E-state index in [2.05, 4.69) is 32.7 Å². The van der Waals surface area contributed by atoms with Gasteiger partial charge < -0.3 is 29.1 Å². The number of aliphatic hydroxyl groups excluding tert-OH is 1. The molecule has 3 aromatic carbocycles. The van der Waals surface area contributed by atoms with E-state index in [9.17, 15) is 14.7 Å². The number of rotatable bonds is 10. The summed E-state index contributed by atoms with van der Waals surface area (Å²) in [6.45, 7) is 8.09. The monoisotopic (exact) mass is 737 g/mol. The van der Waals surface area contributed by atoms with E-state index in [4.69, 9.17) is 4.74 Å². The number of piperidine rings is 1. The number of aromatic nitrogens is 3. The van der Waals surface area contributed by atoms with Crippen molar-refractivity contribution in [2.45, 2.75) is 81.6 Å². The predicted molar refractivity (Wildman–Crippen MR) is 204 cm³/mol. The molecule has 2 amide bonds. The fourth-order valence-electron chi connectivity index (χ4n) is 9.54. The van der Waals surface area contributed by atoms with Gasteiger partial charge in [0.2, 0.25) is 8.41 Å². The summed E-state index contributed by atoms with van der Waals surface area (Å²) in [7, 11) is -3.33. The molecule has 0 saturated carbocycles. The molecule has 0 bridgehead atoms. The summed E-state index contributed by atoms with van der Waals surface area (Å²) in [5.41, 5.74) is 2.55. The zero-order valence-corrected chi connectivity index (χ0v) is 31.6. The Hall–Kier alpha value is -4.43. The van der Waals surface area contributed by atoms with Gasteiger partial charge in [0, 0.05) is 54.2 Å². The first-order chi connectivity index (χ1) is 25.6. The van der Waals surface area contributed by atoms with Crippen LogP contribution in [0.1, 0.15) is 43.0 Å². The van der Waals surface area contributed by atoms with E-state index in [1.807, 2.05) is 78.6 Å². The minimum absolute atomic E-state index is 0.0155. The van der Waals surface area contributed by atoms with Crippen LogP contribution in [0.5, 0.6) is 0 Å². The summed E-state index contributed by atoms with van der Waals surface area (Å²) in [5, 5.41) is 21.1. The molecule has 0 radical (unpaired) electrons. The van der Waals surface area contributed by atoms with Gasteiger partial charge in [-0.25, -0.2) is 0 Å². The maximum absolute atomic E-state index is 16.3. The number of nitrogens with zero attached hydrogens (tertiary/aromatic N) is 6. The Bertz CT molecular complexity index is 1980. The maximum atomic E-state index is 16.3. The third-order valence-corrected chi connectivity index (χ3v) is 14.4. The molecule has 2 N–H and O–H groups in total. The number of anilines is 3. The molecule has 4 aliphatic rings. The van der Waals surface area contributed by atoms with Crippen molar-refractivity contribution in [3.63, 3.8) is 0 Å². The number of hydrogen-bond donors (Lipinski definition) is 2. The van der Waals surface area contributed by atoms with Crippen LogP contribution in [0.4, 0.5) is 21.2 Å². The Labute approximate surface area is 310 Å². The number of ether oxygens (including phenoxy) is 1. The van der Waals surface area contributed by atoms with Crippen LogP contribution in [0.25, 0.3) is 0 Å². The molecule has 2 spiro atoms. The van der Waals surface area contributed by atoms with Crippen molar-refractivity contribution in [2.24, 2.45) is 5.92 Å². The van der Waals surface area contributed by atoms with Crippen LogP contribution in [0, 0.1) is 5.92 Å². The van der Waals surface area contributed by atoms with E-state index in [1.54, 1.807) is 28.9 Å². The van der Waals surface area contributed by atoms with E-state index in [0.717, 1.165) is 54.1 Å². The fraction of sp³-hybridized carbons (Fsp3) is 0.450. The highest BCUT2D eigenvalue weighted by atomic mass is 28.4. The lowest BCUT2D eigenvalue weighted by molar-refractivity contribution is -0.146. The van der Waals surface area contributed by atoms with Gasteiger partial charge in [-0.1, -0.05) is 60.7 Å². The highest BCUT2D eigenvalue weighted by molar-refractivity contribution is 6.72. The quantitative estimate of drug-likeness (QED) is 0.170. The van der Waals surface area contributed by atoms with Crippen molar-refractivity contribution in [1.82, 2.24) is 20.3 Å². The number of carbonyl (C=O) groups excluding carboxylic acids is 2. The number of benzene rings is 3. The normalized spacial score (nSPS) is 25.3. The molecule has 3 saturated heterocycles. The molecular formula is C40H48FN7O4Si. The van der Waals surface area contributed by atoms with E-state index in [-0.39, 0.29) is 25.0 Å². The zero-order valence-electron chi connectivity index (χ0n) is 30.6. The molecular weight excluding hydrogens is 690 g/mol. The van der Waals surface area contributed by atoms with E-state index in [0.29, 0.717) is 31.7 Å². The summed E-state index contributed by atoms with van der Waals surface area (Å²) in [5.74, 6) is -0.493. The number of hydrogen-bond acceptors (Lipinski definition) is 8.